The van der Waals surface area contributed by atoms with Crippen LogP contribution in [-0.2, 0) is 9.53 Å². The highest BCUT2D eigenvalue weighted by Gasteiger charge is 2.17. The van der Waals surface area contributed by atoms with Gasteiger partial charge < -0.3 is 4.74 Å². The van der Waals surface area contributed by atoms with Crippen LogP contribution in [0.1, 0.15) is 31.7 Å². The summed E-state index contributed by atoms with van der Waals surface area (Å²) in [5, 5.41) is 0. The van der Waals surface area contributed by atoms with Crippen LogP contribution in [0.25, 0.3) is 0 Å². The van der Waals surface area contributed by atoms with Crippen molar-refractivity contribution in [1.29, 1.82) is 0 Å². The maximum Gasteiger partial charge on any atom is 0.308 e. The number of hydrogen-bond donors (Lipinski definition) is 0. The fourth-order valence-corrected chi connectivity index (χ4v) is 1.75. The molecular weight excluding hydrogens is 188 g/mol. The van der Waals surface area contributed by atoms with Crippen LogP contribution in [0.15, 0.2) is 30.3 Å². The SMILES string of the molecule is COC(=O)[C@H](C)C[C@@H](C)c1ccccc1. The molecule has 0 saturated heterocycles. The lowest BCUT2D eigenvalue weighted by molar-refractivity contribution is -0.145. The zero-order valence-electron chi connectivity index (χ0n) is 9.57. The highest BCUT2D eigenvalue weighted by atomic mass is 16.5. The highest BCUT2D eigenvalue weighted by molar-refractivity contribution is 5.71. The van der Waals surface area contributed by atoms with Crippen molar-refractivity contribution in [3.8, 4) is 0 Å². The first-order valence-corrected chi connectivity index (χ1v) is 5.28. The average molecular weight is 206 g/mol. The van der Waals surface area contributed by atoms with Gasteiger partial charge >= 0.3 is 5.97 Å². The minimum absolute atomic E-state index is 0.0368. The van der Waals surface area contributed by atoms with E-state index in [0.29, 0.717) is 5.92 Å². The lowest BCUT2D eigenvalue weighted by Crippen LogP contribution is -2.15. The molecular formula is C13H18O2. The summed E-state index contributed by atoms with van der Waals surface area (Å²) >= 11 is 0. The Kier molecular flexibility index (Phi) is 4.35. The van der Waals surface area contributed by atoms with Crippen LogP contribution in [0.5, 0.6) is 0 Å². The Bertz CT molecular complexity index is 306. The van der Waals surface area contributed by atoms with Crippen molar-refractivity contribution in [3.05, 3.63) is 35.9 Å². The van der Waals surface area contributed by atoms with Crippen molar-refractivity contribution < 1.29 is 9.53 Å². The summed E-state index contributed by atoms with van der Waals surface area (Å²) in [5.74, 6) is 0.225. The van der Waals surface area contributed by atoms with Crippen LogP contribution >= 0.6 is 0 Å². The van der Waals surface area contributed by atoms with E-state index in [-0.39, 0.29) is 11.9 Å². The molecule has 0 aliphatic heterocycles. The van der Waals surface area contributed by atoms with Crippen LogP contribution in [0.3, 0.4) is 0 Å². The van der Waals surface area contributed by atoms with E-state index >= 15 is 0 Å². The number of rotatable bonds is 4. The number of carbonyl (C=O) groups is 1. The van der Waals surface area contributed by atoms with Crippen LogP contribution < -0.4 is 0 Å². The fraction of sp³-hybridized carbons (Fsp3) is 0.462. The molecule has 15 heavy (non-hydrogen) atoms. The number of hydrogen-bond acceptors (Lipinski definition) is 2. The quantitative estimate of drug-likeness (QED) is 0.708. The Balaban J connectivity index is 2.56. The topological polar surface area (TPSA) is 26.3 Å². The molecule has 0 radical (unpaired) electrons. The smallest absolute Gasteiger partial charge is 0.308 e. The van der Waals surface area contributed by atoms with Gasteiger partial charge in [0.2, 0.25) is 0 Å². The first-order chi connectivity index (χ1) is 7.15. The van der Waals surface area contributed by atoms with E-state index in [0.717, 1.165) is 6.42 Å². The predicted molar refractivity (Wildman–Crippen MR) is 60.7 cm³/mol. The molecule has 2 heteroatoms. The zero-order valence-corrected chi connectivity index (χ0v) is 9.57. The molecule has 0 fully saturated rings. The molecule has 0 aliphatic carbocycles. The standard InChI is InChI=1S/C13H18O2/c1-10(9-11(2)13(14)15-3)12-7-5-4-6-8-12/h4-8,10-11H,9H2,1-3H3/t10-,11-/m1/s1. The normalized spacial score (nSPS) is 14.3. The number of esters is 1. The monoisotopic (exact) mass is 206 g/mol. The Morgan fingerprint density at radius 3 is 2.40 bits per heavy atom. The van der Waals surface area contributed by atoms with E-state index in [2.05, 4.69) is 19.1 Å². The molecule has 0 amide bonds. The van der Waals surface area contributed by atoms with Crippen LogP contribution in [0, 0.1) is 5.92 Å². The Hall–Kier alpha value is -1.31. The summed E-state index contributed by atoms with van der Waals surface area (Å²) in [6.45, 7) is 4.04. The van der Waals surface area contributed by atoms with Crippen LogP contribution in [0.2, 0.25) is 0 Å². The molecule has 0 aromatic heterocycles. The fourth-order valence-electron chi connectivity index (χ4n) is 1.75. The van der Waals surface area contributed by atoms with Crippen molar-refractivity contribution in [2.75, 3.05) is 7.11 Å². The molecule has 0 saturated carbocycles. The molecule has 0 heterocycles. The number of methoxy groups -OCH3 is 1. The van der Waals surface area contributed by atoms with Crippen LogP contribution in [-0.4, -0.2) is 13.1 Å². The Labute approximate surface area is 91.3 Å². The van der Waals surface area contributed by atoms with Gasteiger partial charge in [-0.2, -0.15) is 0 Å². The lowest BCUT2D eigenvalue weighted by atomic mass is 9.91. The summed E-state index contributed by atoms with van der Waals surface area (Å²) < 4.78 is 4.71. The molecule has 1 aromatic carbocycles. The van der Waals surface area contributed by atoms with Gasteiger partial charge in [-0.3, -0.25) is 4.79 Å². The van der Waals surface area contributed by atoms with Crippen molar-refractivity contribution in [2.24, 2.45) is 5.92 Å². The van der Waals surface area contributed by atoms with Gasteiger partial charge in [-0.15, -0.1) is 0 Å². The van der Waals surface area contributed by atoms with E-state index in [9.17, 15) is 4.79 Å². The van der Waals surface area contributed by atoms with E-state index in [1.807, 2.05) is 25.1 Å². The van der Waals surface area contributed by atoms with Gasteiger partial charge in [0.15, 0.2) is 0 Å². The Morgan fingerprint density at radius 1 is 1.27 bits per heavy atom. The summed E-state index contributed by atoms with van der Waals surface area (Å²) in [6.07, 6.45) is 0.830. The van der Waals surface area contributed by atoms with E-state index < -0.39 is 0 Å². The molecule has 2 atom stereocenters. The van der Waals surface area contributed by atoms with Gasteiger partial charge in [0.25, 0.3) is 0 Å². The zero-order chi connectivity index (χ0) is 11.3. The molecule has 0 unspecified atom stereocenters. The number of carbonyl (C=O) groups excluding carboxylic acids is 1. The third-order valence-corrected chi connectivity index (χ3v) is 2.68. The molecule has 82 valence electrons. The van der Waals surface area contributed by atoms with Crippen LogP contribution in [0.4, 0.5) is 0 Å². The summed E-state index contributed by atoms with van der Waals surface area (Å²) in [4.78, 5) is 11.3. The Morgan fingerprint density at radius 2 is 1.87 bits per heavy atom. The molecule has 1 rings (SSSR count). The van der Waals surface area contributed by atoms with Gasteiger partial charge in [0.1, 0.15) is 0 Å². The van der Waals surface area contributed by atoms with Crippen molar-refractivity contribution in [2.45, 2.75) is 26.2 Å². The largest absolute Gasteiger partial charge is 0.469 e. The number of ether oxygens (including phenoxy) is 1. The van der Waals surface area contributed by atoms with Gasteiger partial charge in [-0.25, -0.2) is 0 Å². The van der Waals surface area contributed by atoms with E-state index in [4.69, 9.17) is 4.74 Å². The third-order valence-electron chi connectivity index (χ3n) is 2.68. The lowest BCUT2D eigenvalue weighted by Gasteiger charge is -2.15. The van der Waals surface area contributed by atoms with Gasteiger partial charge in [-0.05, 0) is 17.9 Å². The highest BCUT2D eigenvalue weighted by Crippen LogP contribution is 2.23. The van der Waals surface area contributed by atoms with Crippen molar-refractivity contribution in [3.63, 3.8) is 0 Å². The minimum atomic E-state index is -0.127. The van der Waals surface area contributed by atoms with Crippen molar-refractivity contribution in [1.82, 2.24) is 0 Å². The molecule has 0 N–H and O–H groups in total. The molecule has 0 spiro atoms. The first-order valence-electron chi connectivity index (χ1n) is 5.28. The number of benzene rings is 1. The molecule has 0 aliphatic rings. The second kappa shape index (κ2) is 5.54. The average Bonchev–Trinajstić information content (AvgIpc) is 2.29. The maximum absolute atomic E-state index is 11.3. The minimum Gasteiger partial charge on any atom is -0.469 e. The molecule has 2 nitrogen and oxygen atoms in total. The maximum atomic E-state index is 11.3. The second-order valence-corrected chi connectivity index (χ2v) is 3.97. The summed E-state index contributed by atoms with van der Waals surface area (Å²) in [6, 6.07) is 10.2. The molecule has 1 aromatic rings. The van der Waals surface area contributed by atoms with E-state index in [1.165, 1.54) is 12.7 Å². The van der Waals surface area contributed by atoms with E-state index in [1.54, 1.807) is 0 Å². The summed E-state index contributed by atoms with van der Waals surface area (Å²) in [5.41, 5.74) is 1.27. The third kappa shape index (κ3) is 3.39. The second-order valence-electron chi connectivity index (χ2n) is 3.97. The predicted octanol–water partition coefficient (Wildman–Crippen LogP) is 2.99. The molecule has 0 bridgehead atoms. The summed E-state index contributed by atoms with van der Waals surface area (Å²) in [7, 11) is 1.44. The first kappa shape index (κ1) is 11.8. The van der Waals surface area contributed by atoms with Crippen molar-refractivity contribution >= 4 is 5.97 Å². The van der Waals surface area contributed by atoms with Gasteiger partial charge in [-0.1, -0.05) is 44.2 Å². The van der Waals surface area contributed by atoms with Gasteiger partial charge in [0.05, 0.1) is 13.0 Å². The van der Waals surface area contributed by atoms with Gasteiger partial charge in [0, 0.05) is 0 Å².